The first kappa shape index (κ1) is 13.3. The lowest BCUT2D eigenvalue weighted by Gasteiger charge is -2.19. The number of likely N-dealkylation sites (N-methyl/N-ethyl adjacent to an activating group) is 1. The average molecular weight is 241 g/mol. The SMILES string of the molecule is COCC(O)CN(C)C(=O)c1ccc(=O)[nH]n1. The van der Waals surface area contributed by atoms with E-state index in [1.807, 2.05) is 0 Å². The zero-order valence-corrected chi connectivity index (χ0v) is 9.71. The number of aliphatic hydroxyl groups excluding tert-OH is 1. The summed E-state index contributed by atoms with van der Waals surface area (Å²) in [5, 5.41) is 15.2. The van der Waals surface area contributed by atoms with Gasteiger partial charge in [0.05, 0.1) is 12.7 Å². The van der Waals surface area contributed by atoms with Gasteiger partial charge in [0, 0.05) is 26.8 Å². The largest absolute Gasteiger partial charge is 0.389 e. The van der Waals surface area contributed by atoms with Crippen molar-refractivity contribution < 1.29 is 14.6 Å². The molecule has 0 spiro atoms. The first-order valence-electron chi connectivity index (χ1n) is 5.02. The van der Waals surface area contributed by atoms with Gasteiger partial charge in [-0.2, -0.15) is 5.10 Å². The molecule has 1 heterocycles. The van der Waals surface area contributed by atoms with Crippen LogP contribution in [-0.4, -0.2) is 59.5 Å². The van der Waals surface area contributed by atoms with Crippen LogP contribution in [0.5, 0.6) is 0 Å². The van der Waals surface area contributed by atoms with Crippen LogP contribution in [0.1, 0.15) is 10.5 Å². The molecule has 2 N–H and O–H groups in total. The van der Waals surface area contributed by atoms with E-state index in [0.717, 1.165) is 0 Å². The van der Waals surface area contributed by atoms with Crippen molar-refractivity contribution in [2.24, 2.45) is 0 Å². The normalized spacial score (nSPS) is 12.2. The minimum atomic E-state index is -0.753. The number of methoxy groups -OCH3 is 1. The highest BCUT2D eigenvalue weighted by Gasteiger charge is 2.16. The van der Waals surface area contributed by atoms with E-state index < -0.39 is 6.10 Å². The molecule has 0 radical (unpaired) electrons. The molecule has 1 aromatic heterocycles. The number of hydrogen-bond acceptors (Lipinski definition) is 5. The van der Waals surface area contributed by atoms with Crippen LogP contribution >= 0.6 is 0 Å². The third-order valence-electron chi connectivity index (χ3n) is 2.09. The van der Waals surface area contributed by atoms with Crippen LogP contribution in [0.3, 0.4) is 0 Å². The molecule has 1 aromatic rings. The van der Waals surface area contributed by atoms with E-state index in [1.54, 1.807) is 0 Å². The molecular formula is C10H15N3O4. The van der Waals surface area contributed by atoms with Crippen molar-refractivity contribution in [1.82, 2.24) is 15.1 Å². The number of H-pyrrole nitrogens is 1. The van der Waals surface area contributed by atoms with Gasteiger partial charge < -0.3 is 14.7 Å². The molecule has 1 rings (SSSR count). The van der Waals surface area contributed by atoms with Crippen LogP contribution < -0.4 is 5.56 Å². The fourth-order valence-corrected chi connectivity index (χ4v) is 1.30. The third kappa shape index (κ3) is 3.97. The summed E-state index contributed by atoms with van der Waals surface area (Å²) in [4.78, 5) is 23.9. The fraction of sp³-hybridized carbons (Fsp3) is 0.500. The summed E-state index contributed by atoms with van der Waals surface area (Å²) in [6.07, 6.45) is -0.753. The van der Waals surface area contributed by atoms with Crippen molar-refractivity contribution in [1.29, 1.82) is 0 Å². The van der Waals surface area contributed by atoms with Crippen molar-refractivity contribution in [3.05, 3.63) is 28.2 Å². The van der Waals surface area contributed by atoms with Crippen LogP contribution in [0.25, 0.3) is 0 Å². The molecule has 0 aliphatic carbocycles. The Morgan fingerprint density at radius 2 is 2.35 bits per heavy atom. The topological polar surface area (TPSA) is 95.5 Å². The third-order valence-corrected chi connectivity index (χ3v) is 2.09. The van der Waals surface area contributed by atoms with Gasteiger partial charge >= 0.3 is 0 Å². The van der Waals surface area contributed by atoms with Gasteiger partial charge in [-0.05, 0) is 6.07 Å². The van der Waals surface area contributed by atoms with Crippen molar-refractivity contribution in [3.63, 3.8) is 0 Å². The number of carbonyl (C=O) groups excluding carboxylic acids is 1. The second-order valence-corrected chi connectivity index (χ2v) is 3.60. The molecule has 0 bridgehead atoms. The monoisotopic (exact) mass is 241 g/mol. The van der Waals surface area contributed by atoms with Crippen molar-refractivity contribution in [2.75, 3.05) is 27.3 Å². The summed E-state index contributed by atoms with van der Waals surface area (Å²) in [6, 6.07) is 2.56. The highest BCUT2D eigenvalue weighted by molar-refractivity contribution is 5.91. The van der Waals surface area contributed by atoms with E-state index in [9.17, 15) is 14.7 Å². The maximum Gasteiger partial charge on any atom is 0.274 e. The fourth-order valence-electron chi connectivity index (χ4n) is 1.30. The average Bonchev–Trinajstić information content (AvgIpc) is 2.29. The maximum absolute atomic E-state index is 11.8. The number of aromatic amines is 1. The zero-order valence-electron chi connectivity index (χ0n) is 9.71. The van der Waals surface area contributed by atoms with E-state index in [4.69, 9.17) is 4.74 Å². The Balaban J connectivity index is 2.63. The first-order chi connectivity index (χ1) is 8.04. The van der Waals surface area contributed by atoms with Gasteiger partial charge in [0.25, 0.3) is 11.5 Å². The summed E-state index contributed by atoms with van der Waals surface area (Å²) in [7, 11) is 3.00. The summed E-state index contributed by atoms with van der Waals surface area (Å²) in [5.41, 5.74) is -0.250. The Labute approximate surface area is 98.0 Å². The maximum atomic E-state index is 11.8. The highest BCUT2D eigenvalue weighted by atomic mass is 16.5. The van der Waals surface area contributed by atoms with Crippen molar-refractivity contribution >= 4 is 5.91 Å². The molecule has 1 unspecified atom stereocenters. The summed E-state index contributed by atoms with van der Waals surface area (Å²) in [5.74, 6) is -0.378. The predicted octanol–water partition coefficient (Wildman–Crippen LogP) is -1.15. The van der Waals surface area contributed by atoms with E-state index in [0.29, 0.717) is 0 Å². The number of nitrogens with zero attached hydrogens (tertiary/aromatic N) is 2. The second-order valence-electron chi connectivity index (χ2n) is 3.60. The standard InChI is InChI=1S/C10H15N3O4/c1-13(5-7(14)6-17-2)10(16)8-3-4-9(15)12-11-8/h3-4,7,14H,5-6H2,1-2H3,(H,12,15). The molecule has 94 valence electrons. The summed E-state index contributed by atoms with van der Waals surface area (Å²) < 4.78 is 4.75. The molecule has 0 aromatic carbocycles. The van der Waals surface area contributed by atoms with Crippen LogP contribution in [0.2, 0.25) is 0 Å². The predicted molar refractivity (Wildman–Crippen MR) is 59.7 cm³/mol. The lowest BCUT2D eigenvalue weighted by Crippen LogP contribution is -2.36. The number of carbonyl (C=O) groups is 1. The van der Waals surface area contributed by atoms with Gasteiger partial charge in [-0.1, -0.05) is 0 Å². The quantitative estimate of drug-likeness (QED) is 0.678. The molecule has 0 saturated heterocycles. The molecule has 7 nitrogen and oxygen atoms in total. The minimum Gasteiger partial charge on any atom is -0.389 e. The number of aliphatic hydroxyl groups is 1. The highest BCUT2D eigenvalue weighted by Crippen LogP contribution is 1.98. The smallest absolute Gasteiger partial charge is 0.274 e. The first-order valence-corrected chi connectivity index (χ1v) is 5.02. The molecular weight excluding hydrogens is 226 g/mol. The van der Waals surface area contributed by atoms with Gasteiger partial charge in [0.1, 0.15) is 5.69 Å². The van der Waals surface area contributed by atoms with E-state index in [1.165, 1.54) is 31.2 Å². The van der Waals surface area contributed by atoms with Gasteiger partial charge in [0.15, 0.2) is 0 Å². The van der Waals surface area contributed by atoms with Gasteiger partial charge in [0.2, 0.25) is 0 Å². The van der Waals surface area contributed by atoms with Crippen LogP contribution in [0.4, 0.5) is 0 Å². The molecule has 0 saturated carbocycles. The molecule has 17 heavy (non-hydrogen) atoms. The Kier molecular flexibility index (Phi) is 4.80. The molecule has 0 aliphatic rings. The number of aromatic nitrogens is 2. The lowest BCUT2D eigenvalue weighted by molar-refractivity contribution is 0.0377. The van der Waals surface area contributed by atoms with Crippen molar-refractivity contribution in [3.8, 4) is 0 Å². The number of hydrogen-bond donors (Lipinski definition) is 2. The molecule has 0 fully saturated rings. The van der Waals surface area contributed by atoms with Crippen LogP contribution in [0.15, 0.2) is 16.9 Å². The minimum absolute atomic E-state index is 0.122. The Morgan fingerprint density at radius 1 is 1.65 bits per heavy atom. The Morgan fingerprint density at radius 3 is 2.88 bits per heavy atom. The lowest BCUT2D eigenvalue weighted by atomic mass is 10.3. The zero-order chi connectivity index (χ0) is 12.8. The van der Waals surface area contributed by atoms with E-state index >= 15 is 0 Å². The van der Waals surface area contributed by atoms with Crippen molar-refractivity contribution in [2.45, 2.75) is 6.10 Å². The van der Waals surface area contributed by atoms with E-state index in [2.05, 4.69) is 10.2 Å². The number of rotatable bonds is 5. The number of nitrogens with one attached hydrogen (secondary N) is 1. The van der Waals surface area contributed by atoms with Gasteiger partial charge in [-0.25, -0.2) is 5.10 Å². The van der Waals surface area contributed by atoms with Crippen LogP contribution in [-0.2, 0) is 4.74 Å². The molecule has 0 aliphatic heterocycles. The van der Waals surface area contributed by atoms with Gasteiger partial charge in [-0.15, -0.1) is 0 Å². The number of amides is 1. The Hall–Kier alpha value is -1.73. The molecule has 7 heteroatoms. The Bertz CT molecular complexity index is 411. The second kappa shape index (κ2) is 6.12. The van der Waals surface area contributed by atoms with Crippen LogP contribution in [0, 0.1) is 0 Å². The van der Waals surface area contributed by atoms with Gasteiger partial charge in [-0.3, -0.25) is 9.59 Å². The summed E-state index contributed by atoms with van der Waals surface area (Å²) in [6.45, 7) is 0.282. The molecule has 1 amide bonds. The molecule has 1 atom stereocenters. The summed E-state index contributed by atoms with van der Waals surface area (Å²) >= 11 is 0. The van der Waals surface area contributed by atoms with E-state index in [-0.39, 0.29) is 30.3 Å². The number of ether oxygens (including phenoxy) is 1.